The predicted octanol–water partition coefficient (Wildman–Crippen LogP) is -1.54. The molecule has 0 spiro atoms. The predicted molar refractivity (Wildman–Crippen MR) is 55.3 cm³/mol. The Bertz CT molecular complexity index is 263. The summed E-state index contributed by atoms with van der Waals surface area (Å²) in [4.78, 5) is 4.13. The van der Waals surface area contributed by atoms with Crippen LogP contribution in [0.3, 0.4) is 0 Å². The third-order valence-electron chi connectivity index (χ3n) is 2.56. The normalized spacial score (nSPS) is 16.8. The lowest BCUT2D eigenvalue weighted by Gasteiger charge is -2.22. The number of nitrogens with zero attached hydrogens (tertiary/aromatic N) is 1. The molecule has 1 N–H and O–H groups in total. The molecule has 1 aromatic rings. The van der Waals surface area contributed by atoms with Crippen molar-refractivity contribution in [1.82, 2.24) is 10.3 Å². The average molecular weight is 228 g/mol. The maximum absolute atomic E-state index is 5.61. The quantitative estimate of drug-likeness (QED) is 0.680. The number of piperidine rings is 1. The van der Waals surface area contributed by atoms with Gasteiger partial charge >= 0.3 is 0 Å². The summed E-state index contributed by atoms with van der Waals surface area (Å²) in [5.74, 6) is 1.43. The molecule has 1 aliphatic rings. The van der Waals surface area contributed by atoms with E-state index in [9.17, 15) is 0 Å². The monoisotopic (exact) mass is 227 g/mol. The molecule has 1 aliphatic heterocycles. The van der Waals surface area contributed by atoms with Crippen LogP contribution in [0.2, 0.25) is 0 Å². The minimum Gasteiger partial charge on any atom is -1.00 e. The van der Waals surface area contributed by atoms with E-state index < -0.39 is 0 Å². The van der Waals surface area contributed by atoms with Gasteiger partial charge in [-0.2, -0.15) is 0 Å². The zero-order chi connectivity index (χ0) is 9.64. The van der Waals surface area contributed by atoms with Crippen molar-refractivity contribution in [3.05, 3.63) is 24.4 Å². The number of hydrogen-bond donors (Lipinski definition) is 1. The van der Waals surface area contributed by atoms with E-state index in [1.807, 2.05) is 18.2 Å². The van der Waals surface area contributed by atoms with Gasteiger partial charge in [0.15, 0.2) is 0 Å². The molecule has 15 heavy (non-hydrogen) atoms. The number of halogens is 1. The summed E-state index contributed by atoms with van der Waals surface area (Å²) in [6, 6.07) is 5.75. The molecule has 0 bridgehead atoms. The van der Waals surface area contributed by atoms with Gasteiger partial charge in [0.2, 0.25) is 5.88 Å². The molecule has 3 nitrogen and oxygen atoms in total. The molecule has 0 aromatic carbocycles. The van der Waals surface area contributed by atoms with Crippen LogP contribution in [0.25, 0.3) is 0 Å². The summed E-state index contributed by atoms with van der Waals surface area (Å²) in [6.45, 7) is 3.05. The van der Waals surface area contributed by atoms with Crippen LogP contribution in [0.15, 0.2) is 24.4 Å². The van der Waals surface area contributed by atoms with Crippen molar-refractivity contribution in [2.45, 2.75) is 12.8 Å². The number of rotatable bonds is 3. The zero-order valence-corrected chi connectivity index (χ0v) is 9.41. The van der Waals surface area contributed by atoms with Crippen LogP contribution in [-0.2, 0) is 0 Å². The van der Waals surface area contributed by atoms with E-state index in [1.54, 1.807) is 6.20 Å². The Balaban J connectivity index is 0.00000112. The lowest BCUT2D eigenvalue weighted by molar-refractivity contribution is -0.00000347. The van der Waals surface area contributed by atoms with Crippen LogP contribution >= 0.6 is 0 Å². The van der Waals surface area contributed by atoms with E-state index in [0.29, 0.717) is 5.92 Å². The first-order valence-electron chi connectivity index (χ1n) is 5.20. The van der Waals surface area contributed by atoms with Gasteiger partial charge in [-0.25, -0.2) is 4.98 Å². The molecule has 0 amide bonds. The van der Waals surface area contributed by atoms with Crippen LogP contribution in [0.1, 0.15) is 12.8 Å². The maximum atomic E-state index is 5.61. The summed E-state index contributed by atoms with van der Waals surface area (Å²) in [5.41, 5.74) is 0. The van der Waals surface area contributed by atoms with E-state index in [4.69, 9.17) is 4.74 Å². The van der Waals surface area contributed by atoms with Crippen LogP contribution in [0.5, 0.6) is 5.88 Å². The van der Waals surface area contributed by atoms with Crippen molar-refractivity contribution >= 4 is 0 Å². The van der Waals surface area contributed by atoms with Crippen LogP contribution in [0, 0.1) is 5.92 Å². The van der Waals surface area contributed by atoms with E-state index in [2.05, 4.69) is 10.3 Å². The Morgan fingerprint density at radius 2 is 2.13 bits per heavy atom. The van der Waals surface area contributed by atoms with Gasteiger partial charge in [-0.15, -0.1) is 0 Å². The fourth-order valence-corrected chi connectivity index (χ4v) is 1.68. The Labute approximate surface area is 96.7 Å². The molecule has 0 unspecified atom stereocenters. The Kier molecular flexibility index (Phi) is 5.43. The highest BCUT2D eigenvalue weighted by Crippen LogP contribution is 2.13. The van der Waals surface area contributed by atoms with Gasteiger partial charge in [0.1, 0.15) is 0 Å². The molecule has 1 saturated heterocycles. The Morgan fingerprint density at radius 1 is 1.33 bits per heavy atom. The average Bonchev–Trinajstić information content (AvgIpc) is 2.29. The van der Waals surface area contributed by atoms with Gasteiger partial charge in [0.25, 0.3) is 0 Å². The molecule has 2 heterocycles. The number of aromatic nitrogens is 1. The number of hydrogen-bond acceptors (Lipinski definition) is 3. The summed E-state index contributed by atoms with van der Waals surface area (Å²) >= 11 is 0. The first-order chi connectivity index (χ1) is 6.95. The molecule has 2 rings (SSSR count). The van der Waals surface area contributed by atoms with Crippen LogP contribution < -0.4 is 22.5 Å². The highest BCUT2D eigenvalue weighted by molar-refractivity contribution is 5.09. The standard InChI is InChI=1S/C11H16N2O.ClH/c1-2-6-13-11(3-1)14-9-10-4-7-12-8-5-10;/h1-3,6,10,12H,4-5,7-9H2;1H/p-1. The smallest absolute Gasteiger partial charge is 0.213 e. The summed E-state index contributed by atoms with van der Waals surface area (Å²) in [7, 11) is 0. The van der Waals surface area contributed by atoms with Crippen LogP contribution in [-0.4, -0.2) is 24.7 Å². The minimum absolute atomic E-state index is 0. The van der Waals surface area contributed by atoms with Gasteiger partial charge < -0.3 is 22.5 Å². The van der Waals surface area contributed by atoms with E-state index >= 15 is 0 Å². The van der Waals surface area contributed by atoms with Gasteiger partial charge in [-0.1, -0.05) is 6.07 Å². The summed E-state index contributed by atoms with van der Waals surface area (Å²) in [6.07, 6.45) is 4.19. The first-order valence-corrected chi connectivity index (χ1v) is 5.20. The van der Waals surface area contributed by atoms with Crippen molar-refractivity contribution in [2.24, 2.45) is 5.92 Å². The Hall–Kier alpha value is -0.800. The number of nitrogens with one attached hydrogen (secondary N) is 1. The highest BCUT2D eigenvalue weighted by atomic mass is 35.5. The fraction of sp³-hybridized carbons (Fsp3) is 0.545. The maximum Gasteiger partial charge on any atom is 0.213 e. The van der Waals surface area contributed by atoms with Gasteiger partial charge in [-0.3, -0.25) is 0 Å². The van der Waals surface area contributed by atoms with Crippen molar-refractivity contribution < 1.29 is 17.1 Å². The molecule has 0 saturated carbocycles. The SMILES string of the molecule is [Cl-].c1ccc(OCC2CCNCC2)nc1. The molecule has 4 heteroatoms. The second kappa shape index (κ2) is 6.64. The van der Waals surface area contributed by atoms with Crippen molar-refractivity contribution in [3.8, 4) is 5.88 Å². The van der Waals surface area contributed by atoms with E-state index in [1.165, 1.54) is 12.8 Å². The minimum atomic E-state index is 0. The second-order valence-electron chi connectivity index (χ2n) is 3.67. The third-order valence-corrected chi connectivity index (χ3v) is 2.56. The number of ether oxygens (including phenoxy) is 1. The fourth-order valence-electron chi connectivity index (χ4n) is 1.68. The molecular formula is C11H16ClN2O-. The van der Waals surface area contributed by atoms with Gasteiger partial charge in [-0.05, 0) is 37.9 Å². The first kappa shape index (κ1) is 12.3. The molecule has 1 aromatic heterocycles. The molecule has 0 aliphatic carbocycles. The molecule has 84 valence electrons. The van der Waals surface area contributed by atoms with E-state index in [-0.39, 0.29) is 12.4 Å². The molecule has 0 radical (unpaired) electrons. The molecule has 0 atom stereocenters. The lowest BCUT2D eigenvalue weighted by atomic mass is 9.99. The molecule has 1 fully saturated rings. The summed E-state index contributed by atoms with van der Waals surface area (Å²) in [5, 5.41) is 3.34. The van der Waals surface area contributed by atoms with Gasteiger partial charge in [0.05, 0.1) is 6.61 Å². The highest BCUT2D eigenvalue weighted by Gasteiger charge is 2.13. The lowest BCUT2D eigenvalue weighted by Crippen LogP contribution is -3.00. The van der Waals surface area contributed by atoms with Gasteiger partial charge in [0, 0.05) is 12.3 Å². The number of pyridine rings is 1. The van der Waals surface area contributed by atoms with Crippen molar-refractivity contribution in [1.29, 1.82) is 0 Å². The van der Waals surface area contributed by atoms with E-state index in [0.717, 1.165) is 25.6 Å². The Morgan fingerprint density at radius 3 is 2.80 bits per heavy atom. The topological polar surface area (TPSA) is 34.1 Å². The van der Waals surface area contributed by atoms with Crippen molar-refractivity contribution in [2.75, 3.05) is 19.7 Å². The summed E-state index contributed by atoms with van der Waals surface area (Å²) < 4.78 is 5.61. The van der Waals surface area contributed by atoms with Crippen molar-refractivity contribution in [3.63, 3.8) is 0 Å². The zero-order valence-electron chi connectivity index (χ0n) is 8.66. The van der Waals surface area contributed by atoms with Crippen LogP contribution in [0.4, 0.5) is 0 Å². The second-order valence-corrected chi connectivity index (χ2v) is 3.67. The molecular weight excluding hydrogens is 212 g/mol. The largest absolute Gasteiger partial charge is 1.00 e. The third kappa shape index (κ3) is 4.06.